The molecule has 4 rings (SSSR count). The van der Waals surface area contributed by atoms with Gasteiger partial charge >= 0.3 is 11.9 Å². The molecule has 1 aromatic heterocycles. The van der Waals surface area contributed by atoms with E-state index in [0.29, 0.717) is 35.0 Å². The van der Waals surface area contributed by atoms with E-state index in [1.54, 1.807) is 48.5 Å². The Morgan fingerprint density at radius 3 is 2.52 bits per heavy atom. The summed E-state index contributed by atoms with van der Waals surface area (Å²) in [7, 11) is 2.57. The van der Waals surface area contributed by atoms with Crippen molar-refractivity contribution < 1.29 is 38.2 Å². The van der Waals surface area contributed by atoms with Crippen LogP contribution in [0.2, 0.25) is 0 Å². The van der Waals surface area contributed by atoms with Crippen LogP contribution < -0.4 is 21.1 Å². The number of benzene rings is 2. The maximum atomic E-state index is 13.6. The third-order valence-electron chi connectivity index (χ3n) is 7.42. The van der Waals surface area contributed by atoms with Crippen molar-refractivity contribution in [2.24, 2.45) is 16.8 Å². The Morgan fingerprint density at radius 1 is 1.11 bits per heavy atom. The number of nitrogens with zero attached hydrogens (tertiary/aromatic N) is 1. The smallest absolute Gasteiger partial charge is 0.313 e. The molecule has 2 unspecified atom stereocenters. The minimum Gasteiger partial charge on any atom is -0.494 e. The summed E-state index contributed by atoms with van der Waals surface area (Å²) >= 11 is 0. The summed E-state index contributed by atoms with van der Waals surface area (Å²) in [5.74, 6) is -3.90. The second-order valence-electron chi connectivity index (χ2n) is 10.7. The van der Waals surface area contributed by atoms with Crippen LogP contribution in [0.4, 0.5) is 0 Å². The zero-order valence-electron chi connectivity index (χ0n) is 25.9. The fourth-order valence-electron chi connectivity index (χ4n) is 4.99. The third-order valence-corrected chi connectivity index (χ3v) is 7.42. The number of oxime groups is 1. The van der Waals surface area contributed by atoms with Crippen molar-refractivity contribution in [3.05, 3.63) is 65.4 Å². The van der Waals surface area contributed by atoms with Crippen LogP contribution in [0.5, 0.6) is 5.75 Å². The van der Waals surface area contributed by atoms with Crippen LogP contribution in [0.25, 0.3) is 10.9 Å². The van der Waals surface area contributed by atoms with Crippen LogP contribution in [0.15, 0.2) is 53.7 Å². The van der Waals surface area contributed by atoms with Crippen molar-refractivity contribution in [3.8, 4) is 5.75 Å². The lowest BCUT2D eigenvalue weighted by Crippen LogP contribution is -2.55. The summed E-state index contributed by atoms with van der Waals surface area (Å²) in [5.41, 5.74) is 8.14. The van der Waals surface area contributed by atoms with Gasteiger partial charge in [-0.25, -0.2) is 0 Å². The molecule has 0 bridgehead atoms. The quantitative estimate of drug-likeness (QED) is 0.0547. The Hall–Kier alpha value is -5.40. The SMILES string of the molecule is CCCCOC(=O)CC(C(=O)OC)[C@H](NC(=O)CC1CC(c2ccc(C(=N)N)cc2)=NO1)NC(=O)c1[nH]c2ccccc2c1OC. The molecule has 3 atom stereocenters. The number of aromatic nitrogens is 1. The molecule has 0 fully saturated rings. The highest BCUT2D eigenvalue weighted by atomic mass is 16.6. The van der Waals surface area contributed by atoms with Gasteiger partial charge in [0, 0.05) is 22.9 Å². The molecule has 46 heavy (non-hydrogen) atoms. The molecule has 14 heteroatoms. The molecule has 1 aliphatic rings. The fraction of sp³-hybridized carbons (Fsp3) is 0.375. The molecule has 3 aromatic rings. The van der Waals surface area contributed by atoms with Gasteiger partial charge in [-0.05, 0) is 24.1 Å². The van der Waals surface area contributed by atoms with Crippen molar-refractivity contribution >= 4 is 46.2 Å². The number of nitrogens with one attached hydrogen (secondary N) is 4. The van der Waals surface area contributed by atoms with Crippen LogP contribution in [0.1, 0.15) is 60.6 Å². The van der Waals surface area contributed by atoms with Crippen molar-refractivity contribution in [2.75, 3.05) is 20.8 Å². The lowest BCUT2D eigenvalue weighted by atomic mass is 10.00. The van der Waals surface area contributed by atoms with Crippen molar-refractivity contribution in [1.82, 2.24) is 15.6 Å². The zero-order chi connectivity index (χ0) is 33.2. The van der Waals surface area contributed by atoms with Gasteiger partial charge in [0.2, 0.25) is 5.91 Å². The first kappa shape index (κ1) is 33.5. The van der Waals surface area contributed by atoms with E-state index in [0.717, 1.165) is 19.1 Å². The number of H-pyrrole nitrogens is 1. The average Bonchev–Trinajstić information content (AvgIpc) is 3.67. The van der Waals surface area contributed by atoms with Crippen molar-refractivity contribution in [3.63, 3.8) is 0 Å². The zero-order valence-corrected chi connectivity index (χ0v) is 25.9. The first-order valence-electron chi connectivity index (χ1n) is 14.8. The number of unbranched alkanes of at least 4 members (excludes halogenated alkanes) is 1. The van der Waals surface area contributed by atoms with E-state index < -0.39 is 48.4 Å². The van der Waals surface area contributed by atoms with Gasteiger partial charge in [0.05, 0.1) is 39.4 Å². The molecule has 2 amide bonds. The number of nitrogens with two attached hydrogens (primary N) is 1. The number of methoxy groups -OCH3 is 2. The van der Waals surface area contributed by atoms with E-state index in [-0.39, 0.29) is 30.3 Å². The lowest BCUT2D eigenvalue weighted by molar-refractivity contribution is -0.155. The summed E-state index contributed by atoms with van der Waals surface area (Å²) in [6, 6.07) is 14.0. The normalized spacial score (nSPS) is 15.2. The molecule has 244 valence electrons. The van der Waals surface area contributed by atoms with Crippen LogP contribution in [-0.2, 0) is 28.7 Å². The van der Waals surface area contributed by atoms with Crippen molar-refractivity contribution in [1.29, 1.82) is 5.41 Å². The minimum absolute atomic E-state index is 0.0602. The monoisotopic (exact) mass is 634 g/mol. The molecule has 0 aliphatic carbocycles. The van der Waals surface area contributed by atoms with E-state index in [1.807, 2.05) is 6.92 Å². The van der Waals surface area contributed by atoms with Crippen molar-refractivity contribution in [2.45, 2.75) is 51.3 Å². The fourth-order valence-corrected chi connectivity index (χ4v) is 4.99. The van der Waals surface area contributed by atoms with Crippen LogP contribution in [0, 0.1) is 11.3 Å². The number of nitrogen functional groups attached to an aromatic ring is 1. The highest BCUT2D eigenvalue weighted by Crippen LogP contribution is 2.30. The molecule has 1 aliphatic heterocycles. The van der Waals surface area contributed by atoms with Gasteiger partial charge in [0.15, 0.2) is 5.75 Å². The average molecular weight is 635 g/mol. The number of hydrogen-bond acceptors (Lipinski definition) is 10. The minimum atomic E-state index is -1.37. The number of carbonyl (C=O) groups excluding carboxylic acids is 4. The first-order chi connectivity index (χ1) is 22.1. The molecular formula is C32H38N6O8. The Kier molecular flexibility index (Phi) is 11.3. The van der Waals surface area contributed by atoms with Gasteiger partial charge in [-0.2, -0.15) is 0 Å². The summed E-state index contributed by atoms with van der Waals surface area (Å²) in [6.45, 7) is 2.11. The maximum absolute atomic E-state index is 13.6. The predicted octanol–water partition coefficient (Wildman–Crippen LogP) is 2.74. The van der Waals surface area contributed by atoms with E-state index in [2.05, 4.69) is 20.8 Å². The number of amides is 2. The van der Waals surface area contributed by atoms with Gasteiger partial charge in [0.1, 0.15) is 29.7 Å². The van der Waals surface area contributed by atoms with Gasteiger partial charge in [-0.1, -0.05) is 54.9 Å². The molecule has 0 spiro atoms. The molecule has 2 aromatic carbocycles. The summed E-state index contributed by atoms with van der Waals surface area (Å²) in [4.78, 5) is 61.1. The topological polar surface area (TPSA) is 207 Å². The molecule has 0 saturated carbocycles. The summed E-state index contributed by atoms with van der Waals surface area (Å²) < 4.78 is 15.7. The van der Waals surface area contributed by atoms with Crippen LogP contribution in [0.3, 0.4) is 0 Å². The maximum Gasteiger partial charge on any atom is 0.313 e. The number of ether oxygens (including phenoxy) is 3. The van der Waals surface area contributed by atoms with E-state index in [9.17, 15) is 19.2 Å². The number of carbonyl (C=O) groups is 4. The van der Waals surface area contributed by atoms with Gasteiger partial charge in [-0.3, -0.25) is 24.6 Å². The number of hydrogen-bond donors (Lipinski definition) is 5. The Morgan fingerprint density at radius 2 is 1.85 bits per heavy atom. The molecule has 14 nitrogen and oxygen atoms in total. The first-order valence-corrected chi connectivity index (χ1v) is 14.8. The summed E-state index contributed by atoms with van der Waals surface area (Å²) in [6.07, 6.45) is -0.901. The highest BCUT2D eigenvalue weighted by Gasteiger charge is 2.36. The third kappa shape index (κ3) is 8.20. The molecule has 2 heterocycles. The number of amidine groups is 1. The van der Waals surface area contributed by atoms with E-state index in [4.69, 9.17) is 30.2 Å². The van der Waals surface area contributed by atoms with E-state index >= 15 is 0 Å². The molecule has 0 radical (unpaired) electrons. The largest absolute Gasteiger partial charge is 0.494 e. The molecule has 0 saturated heterocycles. The number of aromatic amines is 1. The Labute approximate surface area is 265 Å². The van der Waals surface area contributed by atoms with Crippen LogP contribution >= 0.6 is 0 Å². The number of esters is 2. The number of para-hydroxylation sites is 1. The lowest BCUT2D eigenvalue weighted by Gasteiger charge is -2.27. The number of fused-ring (bicyclic) bond motifs is 1. The van der Waals surface area contributed by atoms with E-state index in [1.165, 1.54) is 7.11 Å². The second kappa shape index (κ2) is 15.5. The predicted molar refractivity (Wildman–Crippen MR) is 168 cm³/mol. The Balaban J connectivity index is 1.52. The molecule has 6 N–H and O–H groups in total. The van der Waals surface area contributed by atoms with Gasteiger partial charge < -0.3 is 40.4 Å². The number of rotatable bonds is 15. The van der Waals surface area contributed by atoms with Crippen LogP contribution in [-0.4, -0.2) is 73.4 Å². The van der Waals surface area contributed by atoms with Gasteiger partial charge in [0.25, 0.3) is 5.91 Å². The second-order valence-corrected chi connectivity index (χ2v) is 10.7. The standard InChI is InChI=1S/C32H38N6O8/c1-4-5-14-45-26(40)17-22(32(42)44-3)30(37-31(41)27-28(43-2)21-8-6-7-9-23(21)35-27)36-25(39)16-20-15-24(38-46-20)18-10-12-19(13-11-18)29(33)34/h6-13,20,22,30,35H,4-5,14-17H2,1-3H3,(H3,33,34)(H,36,39)(H,37,41)/t20?,22?,30-/m1/s1. The Bertz CT molecular complexity index is 1620. The molecular weight excluding hydrogens is 596 g/mol. The highest BCUT2D eigenvalue weighted by molar-refractivity contribution is 6.04. The summed E-state index contributed by atoms with van der Waals surface area (Å²) in [5, 5.41) is 17.7. The van der Waals surface area contributed by atoms with Gasteiger partial charge in [-0.15, -0.1) is 0 Å².